The molecule has 0 amide bonds. The quantitative estimate of drug-likeness (QED) is 0.687. The fraction of sp³-hybridized carbons (Fsp3) is 0.583. The first-order valence-electron chi connectivity index (χ1n) is 11.3. The van der Waals surface area contributed by atoms with Crippen molar-refractivity contribution in [2.45, 2.75) is 57.0 Å². The molecule has 7 nitrogen and oxygen atoms in total. The van der Waals surface area contributed by atoms with Gasteiger partial charge in [0.1, 0.15) is 17.6 Å². The molecule has 2 atom stereocenters. The van der Waals surface area contributed by atoms with Gasteiger partial charge in [-0.15, -0.1) is 10.2 Å². The second-order valence-corrected chi connectivity index (χ2v) is 9.45. The third-order valence-electron chi connectivity index (χ3n) is 6.66. The van der Waals surface area contributed by atoms with Crippen molar-refractivity contribution in [2.75, 3.05) is 39.4 Å². The minimum atomic E-state index is -0.833. The average Bonchev–Trinajstić information content (AvgIpc) is 3.51. The number of nitrogens with one attached hydrogen (secondary N) is 1. The van der Waals surface area contributed by atoms with Crippen LogP contribution in [0.25, 0.3) is 11.3 Å². The molecule has 1 unspecified atom stereocenters. The van der Waals surface area contributed by atoms with Crippen LogP contribution in [0.4, 0.5) is 10.2 Å². The van der Waals surface area contributed by atoms with E-state index in [1.165, 1.54) is 0 Å². The number of halogens is 1. The van der Waals surface area contributed by atoms with Gasteiger partial charge in [-0.05, 0) is 44.5 Å². The van der Waals surface area contributed by atoms with E-state index in [2.05, 4.69) is 15.5 Å². The van der Waals surface area contributed by atoms with Crippen molar-refractivity contribution in [3.05, 3.63) is 34.9 Å². The van der Waals surface area contributed by atoms with E-state index in [4.69, 9.17) is 14.2 Å². The van der Waals surface area contributed by atoms with Gasteiger partial charge in [0, 0.05) is 55.8 Å². The van der Waals surface area contributed by atoms with E-state index in [1.54, 1.807) is 7.11 Å². The maximum absolute atomic E-state index is 14.2. The molecule has 2 aromatic rings. The van der Waals surface area contributed by atoms with Gasteiger partial charge in [-0.25, -0.2) is 4.39 Å². The lowest BCUT2D eigenvalue weighted by Crippen LogP contribution is -2.45. The fourth-order valence-electron chi connectivity index (χ4n) is 4.86. The molecule has 1 spiro atoms. The molecule has 1 aromatic carbocycles. The van der Waals surface area contributed by atoms with Crippen molar-refractivity contribution in [1.82, 2.24) is 15.1 Å². The first-order chi connectivity index (χ1) is 15.5. The van der Waals surface area contributed by atoms with Crippen molar-refractivity contribution >= 4 is 5.82 Å². The highest BCUT2D eigenvalue weighted by Gasteiger charge is 2.48. The Morgan fingerprint density at radius 3 is 2.84 bits per heavy atom. The van der Waals surface area contributed by atoms with Crippen molar-refractivity contribution in [3.63, 3.8) is 0 Å². The molecule has 1 aromatic heterocycles. The fourth-order valence-corrected chi connectivity index (χ4v) is 4.86. The summed E-state index contributed by atoms with van der Waals surface area (Å²) in [5.74, 6) is 1.47. The number of nitrogens with zero attached hydrogens (tertiary/aromatic N) is 3. The minimum Gasteiger partial charge on any atom is -0.467 e. The molecular formula is C24H31FN4O3. The monoisotopic (exact) mass is 442 g/mol. The number of likely N-dealkylation sites (tertiary alicyclic amines) is 1. The van der Waals surface area contributed by atoms with Crippen molar-refractivity contribution in [1.29, 1.82) is 0 Å². The number of benzene rings is 1. The van der Waals surface area contributed by atoms with Crippen LogP contribution in [0, 0.1) is 6.92 Å². The number of anilines is 1. The third-order valence-corrected chi connectivity index (χ3v) is 6.66. The van der Waals surface area contributed by atoms with E-state index >= 15 is 0 Å². The topological polar surface area (TPSA) is 68.7 Å². The Labute approximate surface area is 188 Å². The molecule has 1 saturated carbocycles. The van der Waals surface area contributed by atoms with Gasteiger partial charge < -0.3 is 24.4 Å². The third kappa shape index (κ3) is 4.31. The summed E-state index contributed by atoms with van der Waals surface area (Å²) in [6.45, 7) is 3.94. The molecule has 3 heterocycles. The van der Waals surface area contributed by atoms with Crippen LogP contribution in [0.2, 0.25) is 0 Å². The van der Waals surface area contributed by atoms with E-state index in [0.29, 0.717) is 25.3 Å². The summed E-state index contributed by atoms with van der Waals surface area (Å²) in [5, 5.41) is 12.7. The van der Waals surface area contributed by atoms with Crippen molar-refractivity contribution < 1.29 is 18.6 Å². The van der Waals surface area contributed by atoms with Gasteiger partial charge in [0.05, 0.1) is 12.2 Å². The van der Waals surface area contributed by atoms with Crippen LogP contribution in [0.3, 0.4) is 0 Å². The number of aryl methyl sites for hydroxylation is 1. The number of ether oxygens (including phenoxy) is 3. The highest BCUT2D eigenvalue weighted by Crippen LogP contribution is 2.49. The van der Waals surface area contributed by atoms with E-state index in [1.807, 2.05) is 37.1 Å². The largest absolute Gasteiger partial charge is 0.467 e. The van der Waals surface area contributed by atoms with E-state index in [0.717, 1.165) is 59.6 Å². The van der Waals surface area contributed by atoms with Crippen LogP contribution in [-0.4, -0.2) is 67.0 Å². The second kappa shape index (κ2) is 8.57. The molecule has 1 N–H and O–H groups in total. The predicted octanol–water partition coefficient (Wildman–Crippen LogP) is 3.49. The molecule has 32 heavy (non-hydrogen) atoms. The number of rotatable bonds is 6. The van der Waals surface area contributed by atoms with Gasteiger partial charge in [0.25, 0.3) is 0 Å². The Bertz CT molecular complexity index is 987. The van der Waals surface area contributed by atoms with Crippen LogP contribution in [0.5, 0.6) is 5.75 Å². The maximum atomic E-state index is 14.2. The number of hydrogen-bond acceptors (Lipinski definition) is 7. The number of methoxy groups -OCH3 is 1. The lowest BCUT2D eigenvalue weighted by molar-refractivity contribution is 0.00825. The van der Waals surface area contributed by atoms with Crippen LogP contribution in [0.15, 0.2) is 18.2 Å². The summed E-state index contributed by atoms with van der Waals surface area (Å²) in [5.41, 5.74) is 4.84. The molecule has 5 rings (SSSR count). The van der Waals surface area contributed by atoms with E-state index in [9.17, 15) is 4.39 Å². The molecular weight excluding hydrogens is 411 g/mol. The van der Waals surface area contributed by atoms with Gasteiger partial charge in [-0.3, -0.25) is 0 Å². The molecule has 1 aliphatic carbocycles. The molecule has 3 aliphatic rings. The highest BCUT2D eigenvalue weighted by molar-refractivity contribution is 5.73. The van der Waals surface area contributed by atoms with Crippen molar-refractivity contribution in [3.8, 4) is 17.0 Å². The number of alkyl halides is 1. The Morgan fingerprint density at radius 1 is 1.25 bits per heavy atom. The number of likely N-dealkylation sites (N-methyl/N-ethyl adjacent to an activating group) is 1. The molecule has 0 bridgehead atoms. The SMILES string of the molecule is COCOc1cc(C)ccc1-c1nnc(NC2C[C@@H](F)CN(C)C2)c2c1COC1(CC1)C2. The summed E-state index contributed by atoms with van der Waals surface area (Å²) < 4.78 is 31.4. The average molecular weight is 443 g/mol. The van der Waals surface area contributed by atoms with Crippen LogP contribution < -0.4 is 10.1 Å². The molecule has 2 aliphatic heterocycles. The standard InChI is InChI=1S/C24H31FN4O3/c1-15-4-5-18(21(8-15)31-14-30-3)22-20-13-32-24(6-7-24)10-19(20)23(28-27-22)26-17-9-16(25)11-29(2)12-17/h4-5,8,16-17H,6-7,9-14H2,1-3H3,(H,26,28)/t16-,17?/m1/s1. The van der Waals surface area contributed by atoms with E-state index < -0.39 is 6.17 Å². The number of hydrogen-bond donors (Lipinski definition) is 1. The van der Waals surface area contributed by atoms with Gasteiger partial charge in [0.15, 0.2) is 12.6 Å². The zero-order chi connectivity index (χ0) is 22.3. The minimum absolute atomic E-state index is 0.00553. The van der Waals surface area contributed by atoms with Crippen LogP contribution in [-0.2, 0) is 22.5 Å². The number of fused-ring (bicyclic) bond motifs is 1. The van der Waals surface area contributed by atoms with Crippen LogP contribution in [0.1, 0.15) is 36.0 Å². The van der Waals surface area contributed by atoms with Gasteiger partial charge in [-0.2, -0.15) is 0 Å². The summed E-state index contributed by atoms with van der Waals surface area (Å²) in [7, 11) is 3.56. The first kappa shape index (κ1) is 21.6. The molecule has 1 saturated heterocycles. The molecule has 0 radical (unpaired) electrons. The lowest BCUT2D eigenvalue weighted by atomic mass is 9.93. The summed E-state index contributed by atoms with van der Waals surface area (Å²) >= 11 is 0. The Kier molecular flexibility index (Phi) is 5.77. The first-order valence-corrected chi connectivity index (χ1v) is 11.3. The predicted molar refractivity (Wildman–Crippen MR) is 120 cm³/mol. The zero-order valence-electron chi connectivity index (χ0n) is 19.0. The van der Waals surface area contributed by atoms with Gasteiger partial charge >= 0.3 is 0 Å². The molecule has 2 fully saturated rings. The second-order valence-electron chi connectivity index (χ2n) is 9.45. The number of piperidine rings is 1. The Hall–Kier alpha value is -2.29. The van der Waals surface area contributed by atoms with Gasteiger partial charge in [0.2, 0.25) is 0 Å². The number of aromatic nitrogens is 2. The van der Waals surface area contributed by atoms with Crippen LogP contribution >= 0.6 is 0 Å². The smallest absolute Gasteiger partial charge is 0.188 e. The zero-order valence-corrected chi connectivity index (χ0v) is 19.0. The summed E-state index contributed by atoms with van der Waals surface area (Å²) in [4.78, 5) is 2.03. The van der Waals surface area contributed by atoms with Gasteiger partial charge in [-0.1, -0.05) is 6.07 Å². The summed E-state index contributed by atoms with van der Waals surface area (Å²) in [6, 6.07) is 6.05. The molecule has 172 valence electrons. The Balaban J connectivity index is 1.52. The summed E-state index contributed by atoms with van der Waals surface area (Å²) in [6.07, 6.45) is 2.58. The van der Waals surface area contributed by atoms with E-state index in [-0.39, 0.29) is 18.4 Å². The van der Waals surface area contributed by atoms with Crippen molar-refractivity contribution in [2.24, 2.45) is 0 Å². The lowest BCUT2D eigenvalue weighted by Gasteiger charge is -2.34. The molecule has 8 heteroatoms. The Morgan fingerprint density at radius 2 is 2.09 bits per heavy atom. The maximum Gasteiger partial charge on any atom is 0.188 e. The highest BCUT2D eigenvalue weighted by atomic mass is 19.1. The normalized spacial score (nSPS) is 24.2.